The highest BCUT2D eigenvalue weighted by Crippen LogP contribution is 2.23. The Balaban J connectivity index is 0.00000256. The minimum Gasteiger partial charge on any atom is -0.306 e. The summed E-state index contributed by atoms with van der Waals surface area (Å²) in [6, 6.07) is 7.82. The quantitative estimate of drug-likeness (QED) is 0.860. The van der Waals surface area contributed by atoms with Gasteiger partial charge in [-0.2, -0.15) is 13.2 Å². The Kier molecular flexibility index (Phi) is 7.23. The Hall–Kier alpha value is -0.740. The molecule has 0 aromatic heterocycles. The number of alkyl halides is 3. The van der Waals surface area contributed by atoms with Crippen LogP contribution in [0, 0.1) is 0 Å². The maximum Gasteiger partial charge on any atom is 0.403 e. The fourth-order valence-corrected chi connectivity index (χ4v) is 1.58. The molecule has 0 heterocycles. The molecule has 17 heavy (non-hydrogen) atoms. The molecule has 0 amide bonds. The highest BCUT2D eigenvalue weighted by Gasteiger charge is 2.38. The van der Waals surface area contributed by atoms with Crippen LogP contribution in [0.1, 0.15) is 18.9 Å². The number of hydrogen-bond donors (Lipinski definition) is 1. The Morgan fingerprint density at radius 2 is 1.76 bits per heavy atom. The Morgan fingerprint density at radius 3 is 2.24 bits per heavy atom. The maximum absolute atomic E-state index is 12.5. The van der Waals surface area contributed by atoms with Crippen molar-refractivity contribution in [3.8, 4) is 0 Å². The summed E-state index contributed by atoms with van der Waals surface area (Å²) in [6.07, 6.45) is -3.63. The average molecular weight is 268 g/mol. The van der Waals surface area contributed by atoms with E-state index in [-0.39, 0.29) is 18.8 Å². The van der Waals surface area contributed by atoms with Gasteiger partial charge in [0.25, 0.3) is 0 Å². The van der Waals surface area contributed by atoms with Gasteiger partial charge in [0.2, 0.25) is 0 Å². The predicted octanol–water partition coefficient (Wildman–Crippen LogP) is 3.58. The predicted molar refractivity (Wildman–Crippen MR) is 65.5 cm³/mol. The highest BCUT2D eigenvalue weighted by atomic mass is 35.5. The average Bonchev–Trinajstić information content (AvgIpc) is 2.24. The van der Waals surface area contributed by atoms with E-state index in [0.717, 1.165) is 5.56 Å². The van der Waals surface area contributed by atoms with Crippen LogP contribution in [0.4, 0.5) is 13.2 Å². The third kappa shape index (κ3) is 5.94. The molecule has 1 N–H and O–H groups in total. The molecule has 5 heteroatoms. The standard InChI is InChI=1S/C12H16F3N.ClH/c1-2-16-11(12(13,14)15)9-8-10-6-4-3-5-7-10;/h3-7,11,16H,2,8-9H2,1H3;1H. The van der Waals surface area contributed by atoms with Crippen LogP contribution < -0.4 is 5.32 Å². The zero-order valence-electron chi connectivity index (χ0n) is 9.63. The second-order valence-corrected chi connectivity index (χ2v) is 3.68. The van der Waals surface area contributed by atoms with Crippen molar-refractivity contribution in [3.05, 3.63) is 35.9 Å². The molecule has 0 aliphatic carbocycles. The lowest BCUT2D eigenvalue weighted by Gasteiger charge is -2.20. The van der Waals surface area contributed by atoms with Gasteiger partial charge in [-0.3, -0.25) is 0 Å². The molecule has 0 bridgehead atoms. The van der Waals surface area contributed by atoms with Crippen molar-refractivity contribution in [1.29, 1.82) is 0 Å². The summed E-state index contributed by atoms with van der Waals surface area (Å²) in [6.45, 7) is 2.01. The van der Waals surface area contributed by atoms with Crippen molar-refractivity contribution in [1.82, 2.24) is 5.32 Å². The summed E-state index contributed by atoms with van der Waals surface area (Å²) < 4.78 is 37.6. The van der Waals surface area contributed by atoms with Crippen LogP contribution >= 0.6 is 12.4 Å². The summed E-state index contributed by atoms with van der Waals surface area (Å²) in [5, 5.41) is 2.47. The summed E-state index contributed by atoms with van der Waals surface area (Å²) in [5.74, 6) is 0. The van der Waals surface area contributed by atoms with Crippen LogP contribution in [0.2, 0.25) is 0 Å². The molecule has 1 aromatic rings. The fraction of sp³-hybridized carbons (Fsp3) is 0.500. The van der Waals surface area contributed by atoms with Gasteiger partial charge in [0.05, 0.1) is 0 Å². The number of halogens is 4. The minimum absolute atomic E-state index is 0. The first-order chi connectivity index (χ1) is 7.54. The molecule has 1 rings (SSSR count). The Morgan fingerprint density at radius 1 is 1.18 bits per heavy atom. The number of benzene rings is 1. The van der Waals surface area contributed by atoms with Crippen molar-refractivity contribution in [2.75, 3.05) is 6.54 Å². The molecule has 0 radical (unpaired) electrons. The largest absolute Gasteiger partial charge is 0.403 e. The molecule has 0 fully saturated rings. The second-order valence-electron chi connectivity index (χ2n) is 3.68. The molecule has 0 aliphatic rings. The lowest BCUT2D eigenvalue weighted by Crippen LogP contribution is -2.42. The summed E-state index contributed by atoms with van der Waals surface area (Å²) in [7, 11) is 0. The van der Waals surface area contributed by atoms with Gasteiger partial charge in [0, 0.05) is 0 Å². The first-order valence-electron chi connectivity index (χ1n) is 5.38. The van der Waals surface area contributed by atoms with Gasteiger partial charge in [-0.15, -0.1) is 12.4 Å². The zero-order valence-corrected chi connectivity index (χ0v) is 10.4. The third-order valence-electron chi connectivity index (χ3n) is 2.41. The van der Waals surface area contributed by atoms with E-state index in [1.165, 1.54) is 0 Å². The van der Waals surface area contributed by atoms with Crippen molar-refractivity contribution in [3.63, 3.8) is 0 Å². The molecule has 1 atom stereocenters. The third-order valence-corrected chi connectivity index (χ3v) is 2.41. The van der Waals surface area contributed by atoms with Crippen molar-refractivity contribution in [2.45, 2.75) is 32.0 Å². The molecule has 0 aliphatic heterocycles. The molecule has 1 unspecified atom stereocenters. The van der Waals surface area contributed by atoms with Crippen LogP contribution in [-0.4, -0.2) is 18.8 Å². The van der Waals surface area contributed by atoms with E-state index < -0.39 is 12.2 Å². The molecular formula is C12H17ClF3N. The van der Waals surface area contributed by atoms with Gasteiger partial charge in [-0.25, -0.2) is 0 Å². The van der Waals surface area contributed by atoms with E-state index in [9.17, 15) is 13.2 Å². The summed E-state index contributed by atoms with van der Waals surface area (Å²) in [5.41, 5.74) is 0.939. The second kappa shape index (κ2) is 7.56. The normalized spacial score (nSPS) is 12.9. The number of rotatable bonds is 5. The van der Waals surface area contributed by atoms with Gasteiger partial charge >= 0.3 is 6.18 Å². The van der Waals surface area contributed by atoms with Gasteiger partial charge in [-0.05, 0) is 24.9 Å². The molecule has 0 spiro atoms. The zero-order chi connectivity index (χ0) is 12.0. The number of hydrogen-bond acceptors (Lipinski definition) is 1. The topological polar surface area (TPSA) is 12.0 Å². The smallest absolute Gasteiger partial charge is 0.306 e. The van der Waals surface area contributed by atoms with Crippen molar-refractivity contribution < 1.29 is 13.2 Å². The Labute approximate surface area is 106 Å². The van der Waals surface area contributed by atoms with E-state index >= 15 is 0 Å². The molecule has 98 valence electrons. The van der Waals surface area contributed by atoms with Gasteiger partial charge in [-0.1, -0.05) is 37.3 Å². The van der Waals surface area contributed by atoms with Gasteiger partial charge < -0.3 is 5.32 Å². The van der Waals surface area contributed by atoms with E-state index in [0.29, 0.717) is 13.0 Å². The summed E-state index contributed by atoms with van der Waals surface area (Å²) in [4.78, 5) is 0. The minimum atomic E-state index is -4.16. The van der Waals surface area contributed by atoms with Crippen LogP contribution in [0.3, 0.4) is 0 Å². The molecule has 1 aromatic carbocycles. The summed E-state index contributed by atoms with van der Waals surface area (Å²) >= 11 is 0. The number of aryl methyl sites for hydroxylation is 1. The van der Waals surface area contributed by atoms with E-state index in [2.05, 4.69) is 5.32 Å². The first-order valence-corrected chi connectivity index (χ1v) is 5.38. The molecule has 1 nitrogen and oxygen atoms in total. The molecule has 0 saturated heterocycles. The first kappa shape index (κ1) is 16.3. The van der Waals surface area contributed by atoms with E-state index in [1.807, 2.05) is 30.3 Å². The van der Waals surface area contributed by atoms with Crippen LogP contribution in [0.25, 0.3) is 0 Å². The lowest BCUT2D eigenvalue weighted by atomic mass is 10.1. The fourth-order valence-electron chi connectivity index (χ4n) is 1.58. The van der Waals surface area contributed by atoms with Crippen LogP contribution in [-0.2, 0) is 6.42 Å². The van der Waals surface area contributed by atoms with Crippen molar-refractivity contribution in [2.24, 2.45) is 0 Å². The van der Waals surface area contributed by atoms with Gasteiger partial charge in [0.15, 0.2) is 0 Å². The monoisotopic (exact) mass is 267 g/mol. The van der Waals surface area contributed by atoms with E-state index in [1.54, 1.807) is 6.92 Å². The highest BCUT2D eigenvalue weighted by molar-refractivity contribution is 5.85. The molecular weight excluding hydrogens is 251 g/mol. The number of nitrogens with one attached hydrogen (secondary N) is 1. The van der Waals surface area contributed by atoms with Crippen LogP contribution in [0.5, 0.6) is 0 Å². The SMILES string of the molecule is CCNC(CCc1ccccc1)C(F)(F)F.Cl. The van der Waals surface area contributed by atoms with Crippen molar-refractivity contribution >= 4 is 12.4 Å². The maximum atomic E-state index is 12.5. The van der Waals surface area contributed by atoms with E-state index in [4.69, 9.17) is 0 Å². The van der Waals surface area contributed by atoms with Gasteiger partial charge in [0.1, 0.15) is 6.04 Å². The lowest BCUT2D eigenvalue weighted by molar-refractivity contribution is -0.156. The van der Waals surface area contributed by atoms with Crippen LogP contribution in [0.15, 0.2) is 30.3 Å². The molecule has 0 saturated carbocycles. The Bertz CT molecular complexity index is 300.